The third kappa shape index (κ3) is 9.62. The summed E-state index contributed by atoms with van der Waals surface area (Å²) >= 11 is 0. The lowest BCUT2D eigenvalue weighted by molar-refractivity contribution is 0.119. The summed E-state index contributed by atoms with van der Waals surface area (Å²) in [6.07, 6.45) is 5.68. The maximum Gasteiger partial charge on any atom is 0.190 e. The monoisotopic (exact) mass is 487 g/mol. The van der Waals surface area contributed by atoms with Crippen LogP contribution in [0.15, 0.2) is 47.7 Å². The van der Waals surface area contributed by atoms with Crippen molar-refractivity contribution in [3.63, 3.8) is 0 Å². The molecule has 0 aliphatic rings. The Labute approximate surface area is 178 Å². The number of benzene rings is 1. The molecule has 2 rings (SSSR count). The molecule has 0 atom stereocenters. The number of methoxy groups -OCH3 is 1. The van der Waals surface area contributed by atoms with Gasteiger partial charge in [0.1, 0.15) is 5.75 Å². The van der Waals surface area contributed by atoms with Crippen molar-refractivity contribution in [2.75, 3.05) is 33.9 Å². The van der Waals surface area contributed by atoms with Gasteiger partial charge in [-0.15, -0.1) is 24.0 Å². The Balaban J connectivity index is 0.00000364. The largest absolute Gasteiger partial charge is 0.497 e. The predicted molar refractivity (Wildman–Crippen MR) is 119 cm³/mol. The fraction of sp³-hybridized carbons (Fsp3) is 0.474. The molecule has 0 fully saturated rings. The first-order valence-corrected chi connectivity index (χ1v) is 8.94. The first kappa shape index (κ1) is 23.2. The second-order valence-corrected chi connectivity index (χ2v) is 5.80. The first-order chi connectivity index (χ1) is 12.8. The highest BCUT2D eigenvalue weighted by Gasteiger charge is 1.98. The number of ether oxygens (including phenoxy) is 2. The van der Waals surface area contributed by atoms with Crippen molar-refractivity contribution in [3.8, 4) is 5.75 Å². The molecule has 0 aliphatic carbocycles. The van der Waals surface area contributed by atoms with Crippen LogP contribution < -0.4 is 15.4 Å². The van der Waals surface area contributed by atoms with Gasteiger partial charge in [-0.3, -0.25) is 9.67 Å². The molecule has 8 heteroatoms. The average molecular weight is 487 g/mol. The highest BCUT2D eigenvalue weighted by atomic mass is 127. The Kier molecular flexibility index (Phi) is 12.3. The molecule has 0 saturated carbocycles. The second-order valence-electron chi connectivity index (χ2n) is 5.80. The molecule has 27 heavy (non-hydrogen) atoms. The lowest BCUT2D eigenvalue weighted by Gasteiger charge is -2.12. The number of aryl methyl sites for hydroxylation is 1. The molecule has 0 spiro atoms. The van der Waals surface area contributed by atoms with E-state index in [0.717, 1.165) is 49.7 Å². The van der Waals surface area contributed by atoms with Gasteiger partial charge in [0, 0.05) is 45.7 Å². The summed E-state index contributed by atoms with van der Waals surface area (Å²) in [7, 11) is 3.45. The van der Waals surface area contributed by atoms with Crippen LogP contribution in [0.4, 0.5) is 0 Å². The number of halogens is 1. The lowest BCUT2D eigenvalue weighted by atomic mass is 10.2. The van der Waals surface area contributed by atoms with Gasteiger partial charge in [-0.2, -0.15) is 5.10 Å². The van der Waals surface area contributed by atoms with Crippen molar-refractivity contribution in [1.82, 2.24) is 20.4 Å². The third-order valence-corrected chi connectivity index (χ3v) is 3.82. The molecule has 0 bridgehead atoms. The fourth-order valence-corrected chi connectivity index (χ4v) is 2.39. The summed E-state index contributed by atoms with van der Waals surface area (Å²) in [5, 5.41) is 10.8. The van der Waals surface area contributed by atoms with Crippen molar-refractivity contribution in [3.05, 3.63) is 48.3 Å². The number of rotatable bonds is 11. The van der Waals surface area contributed by atoms with Crippen molar-refractivity contribution >= 4 is 29.9 Å². The molecule has 2 aromatic rings. The normalized spacial score (nSPS) is 11.0. The minimum atomic E-state index is 0. The lowest BCUT2D eigenvalue weighted by Crippen LogP contribution is -2.38. The van der Waals surface area contributed by atoms with E-state index < -0.39 is 0 Å². The minimum absolute atomic E-state index is 0. The van der Waals surface area contributed by atoms with Crippen molar-refractivity contribution in [1.29, 1.82) is 0 Å². The molecule has 1 aromatic heterocycles. The van der Waals surface area contributed by atoms with E-state index in [1.165, 1.54) is 0 Å². The molecular weight excluding hydrogens is 457 g/mol. The molecule has 2 N–H and O–H groups in total. The van der Waals surface area contributed by atoms with Crippen LogP contribution in [0.3, 0.4) is 0 Å². The van der Waals surface area contributed by atoms with E-state index in [1.807, 2.05) is 41.2 Å². The Hall–Kier alpha value is -1.81. The highest BCUT2D eigenvalue weighted by molar-refractivity contribution is 14.0. The summed E-state index contributed by atoms with van der Waals surface area (Å²) < 4.78 is 12.8. The van der Waals surface area contributed by atoms with Gasteiger partial charge < -0.3 is 20.1 Å². The second kappa shape index (κ2) is 14.3. The van der Waals surface area contributed by atoms with Gasteiger partial charge in [-0.05, 0) is 36.6 Å². The van der Waals surface area contributed by atoms with Gasteiger partial charge in [-0.25, -0.2) is 0 Å². The van der Waals surface area contributed by atoms with Crippen LogP contribution in [0, 0.1) is 0 Å². The molecule has 1 heterocycles. The fourth-order valence-electron chi connectivity index (χ4n) is 2.39. The zero-order valence-electron chi connectivity index (χ0n) is 16.1. The standard InChI is InChI=1S/C19H29N5O2.HI/c1-20-19(21-10-3-13-24-14-4-12-23-24)22-11-5-15-26-16-17-6-8-18(25-2)9-7-17;/h4,6-9,12,14H,3,5,10-11,13,15-16H2,1-2H3,(H2,20,21,22);1H. The number of hydrogen-bond donors (Lipinski definition) is 2. The van der Waals surface area contributed by atoms with Gasteiger partial charge in [0.25, 0.3) is 0 Å². The van der Waals surface area contributed by atoms with Crippen LogP contribution in [0.2, 0.25) is 0 Å². The van der Waals surface area contributed by atoms with Gasteiger partial charge in [-0.1, -0.05) is 12.1 Å². The van der Waals surface area contributed by atoms with E-state index in [0.29, 0.717) is 13.2 Å². The first-order valence-electron chi connectivity index (χ1n) is 8.94. The quantitative estimate of drug-likeness (QED) is 0.221. The number of aromatic nitrogens is 2. The summed E-state index contributed by atoms with van der Waals surface area (Å²) in [5.74, 6) is 1.68. The van der Waals surface area contributed by atoms with E-state index in [4.69, 9.17) is 9.47 Å². The van der Waals surface area contributed by atoms with Crippen LogP contribution in [-0.4, -0.2) is 49.6 Å². The molecular formula is C19H30IN5O2. The smallest absolute Gasteiger partial charge is 0.190 e. The van der Waals surface area contributed by atoms with Crippen LogP contribution in [-0.2, 0) is 17.9 Å². The van der Waals surface area contributed by atoms with Crippen molar-refractivity contribution in [2.45, 2.75) is 26.0 Å². The number of hydrogen-bond acceptors (Lipinski definition) is 4. The van der Waals surface area contributed by atoms with E-state index in [9.17, 15) is 0 Å². The minimum Gasteiger partial charge on any atom is -0.497 e. The number of nitrogens with one attached hydrogen (secondary N) is 2. The average Bonchev–Trinajstić information content (AvgIpc) is 3.20. The zero-order valence-corrected chi connectivity index (χ0v) is 18.4. The highest BCUT2D eigenvalue weighted by Crippen LogP contribution is 2.11. The zero-order chi connectivity index (χ0) is 18.5. The molecule has 0 amide bonds. The third-order valence-electron chi connectivity index (χ3n) is 3.82. The van der Waals surface area contributed by atoms with Crippen molar-refractivity contribution in [2.24, 2.45) is 4.99 Å². The van der Waals surface area contributed by atoms with E-state index in [1.54, 1.807) is 20.4 Å². The Morgan fingerprint density at radius 1 is 1.15 bits per heavy atom. The van der Waals surface area contributed by atoms with Crippen molar-refractivity contribution < 1.29 is 9.47 Å². The Morgan fingerprint density at radius 2 is 1.89 bits per heavy atom. The van der Waals surface area contributed by atoms with Crippen LogP contribution in [0.5, 0.6) is 5.75 Å². The topological polar surface area (TPSA) is 72.7 Å². The maximum atomic E-state index is 5.70. The van der Waals surface area contributed by atoms with E-state index in [2.05, 4.69) is 20.7 Å². The van der Waals surface area contributed by atoms with E-state index in [-0.39, 0.29) is 24.0 Å². The van der Waals surface area contributed by atoms with Gasteiger partial charge in [0.05, 0.1) is 13.7 Å². The van der Waals surface area contributed by atoms with Crippen LogP contribution in [0.1, 0.15) is 18.4 Å². The molecule has 0 aliphatic heterocycles. The number of aliphatic imine (C=N–C) groups is 1. The molecule has 0 unspecified atom stereocenters. The van der Waals surface area contributed by atoms with Crippen LogP contribution in [0.25, 0.3) is 0 Å². The summed E-state index contributed by atoms with van der Waals surface area (Å²) in [4.78, 5) is 4.22. The maximum absolute atomic E-state index is 5.70. The summed E-state index contributed by atoms with van der Waals surface area (Å²) in [5.41, 5.74) is 1.15. The molecule has 7 nitrogen and oxygen atoms in total. The van der Waals surface area contributed by atoms with Crippen LogP contribution >= 0.6 is 24.0 Å². The van der Waals surface area contributed by atoms with Gasteiger partial charge in [0.2, 0.25) is 0 Å². The van der Waals surface area contributed by atoms with E-state index >= 15 is 0 Å². The number of guanidine groups is 1. The SMILES string of the molecule is CN=C(NCCCOCc1ccc(OC)cc1)NCCCn1cccn1.I. The molecule has 0 radical (unpaired) electrons. The molecule has 150 valence electrons. The summed E-state index contributed by atoms with van der Waals surface area (Å²) in [6, 6.07) is 9.87. The number of nitrogens with zero attached hydrogens (tertiary/aromatic N) is 3. The predicted octanol–water partition coefficient (Wildman–Crippen LogP) is 2.67. The molecule has 1 aromatic carbocycles. The van der Waals surface area contributed by atoms with Gasteiger partial charge in [0.15, 0.2) is 5.96 Å². The van der Waals surface area contributed by atoms with Gasteiger partial charge >= 0.3 is 0 Å². The summed E-state index contributed by atoms with van der Waals surface area (Å²) in [6.45, 7) is 3.89. The Bertz CT molecular complexity index is 632. The Morgan fingerprint density at radius 3 is 2.52 bits per heavy atom. The molecule has 0 saturated heterocycles.